The molecule has 1 aromatic heterocycles. The number of carbonyl (C=O) groups is 2. The zero-order valence-electron chi connectivity index (χ0n) is 11.3. The van der Waals surface area contributed by atoms with Crippen molar-refractivity contribution < 1.29 is 14.7 Å². The molecule has 6 nitrogen and oxygen atoms in total. The summed E-state index contributed by atoms with van der Waals surface area (Å²) in [6.45, 7) is 2.79. The summed E-state index contributed by atoms with van der Waals surface area (Å²) in [6, 6.07) is 1.12. The first-order valence-corrected chi connectivity index (χ1v) is 6.81. The van der Waals surface area contributed by atoms with Crippen molar-refractivity contribution in [2.24, 2.45) is 0 Å². The lowest BCUT2D eigenvalue weighted by atomic mass is 10.2. The van der Waals surface area contributed by atoms with E-state index in [1.54, 1.807) is 5.38 Å². The van der Waals surface area contributed by atoms with Crippen LogP contribution in [-0.4, -0.2) is 48.7 Å². The van der Waals surface area contributed by atoms with Gasteiger partial charge in [-0.05, 0) is 45.4 Å². The monoisotopic (exact) mass is 285 g/mol. The zero-order valence-corrected chi connectivity index (χ0v) is 12.1. The summed E-state index contributed by atoms with van der Waals surface area (Å²) in [5, 5.41) is 16.3. The van der Waals surface area contributed by atoms with Crippen molar-refractivity contribution in [2.45, 2.75) is 19.4 Å². The Balaban J connectivity index is 2.46. The van der Waals surface area contributed by atoms with Gasteiger partial charge >= 0.3 is 12.0 Å². The average Bonchev–Trinajstić information content (AvgIpc) is 2.74. The van der Waals surface area contributed by atoms with E-state index < -0.39 is 5.97 Å². The molecule has 0 fully saturated rings. The highest BCUT2D eigenvalue weighted by molar-refractivity contribution is 7.14. The summed E-state index contributed by atoms with van der Waals surface area (Å²) >= 11 is 1.19. The number of carbonyl (C=O) groups excluding carboxylic acids is 1. The Hall–Kier alpha value is -1.60. The number of hydrogen-bond donors (Lipinski definition) is 3. The quantitative estimate of drug-likeness (QED) is 0.745. The van der Waals surface area contributed by atoms with Crippen LogP contribution in [0.4, 0.5) is 9.80 Å². The summed E-state index contributed by atoms with van der Waals surface area (Å²) in [5.74, 6) is -1.04. The molecular formula is C12H19N3O3S. The number of nitrogens with zero attached hydrogens (tertiary/aromatic N) is 1. The lowest BCUT2D eigenvalue weighted by Gasteiger charge is -2.16. The highest BCUT2D eigenvalue weighted by Crippen LogP contribution is 2.22. The van der Waals surface area contributed by atoms with Gasteiger partial charge in [-0.1, -0.05) is 0 Å². The molecule has 0 aliphatic heterocycles. The van der Waals surface area contributed by atoms with E-state index in [0.29, 0.717) is 5.00 Å². The summed E-state index contributed by atoms with van der Waals surface area (Å²) in [6.07, 6.45) is 0.830. The SMILES string of the molecule is CC(CCN(C)C)NC(=O)Nc1sccc1C(=O)O. The molecule has 106 valence electrons. The maximum atomic E-state index is 11.7. The van der Waals surface area contributed by atoms with E-state index in [0.717, 1.165) is 13.0 Å². The lowest BCUT2D eigenvalue weighted by Crippen LogP contribution is -2.37. The molecule has 0 aromatic carbocycles. The summed E-state index contributed by atoms with van der Waals surface area (Å²) < 4.78 is 0. The van der Waals surface area contributed by atoms with Crippen molar-refractivity contribution in [1.29, 1.82) is 0 Å². The van der Waals surface area contributed by atoms with Crippen LogP contribution in [0.5, 0.6) is 0 Å². The largest absolute Gasteiger partial charge is 0.478 e. The van der Waals surface area contributed by atoms with Crippen molar-refractivity contribution in [2.75, 3.05) is 26.0 Å². The van der Waals surface area contributed by atoms with E-state index in [2.05, 4.69) is 10.6 Å². The minimum atomic E-state index is -1.04. The van der Waals surface area contributed by atoms with E-state index in [1.165, 1.54) is 17.4 Å². The number of carboxylic acids is 1. The van der Waals surface area contributed by atoms with Crippen LogP contribution in [0.3, 0.4) is 0 Å². The molecule has 0 aliphatic rings. The van der Waals surface area contributed by atoms with Crippen LogP contribution in [0.2, 0.25) is 0 Å². The molecule has 1 atom stereocenters. The number of hydrogen-bond acceptors (Lipinski definition) is 4. The normalized spacial score (nSPS) is 12.2. The first-order chi connectivity index (χ1) is 8.90. The second kappa shape index (κ2) is 7.10. The Labute approximate surface area is 116 Å². The second-order valence-corrected chi connectivity index (χ2v) is 5.48. The minimum Gasteiger partial charge on any atom is -0.478 e. The Kier molecular flexibility index (Phi) is 5.78. The number of anilines is 1. The van der Waals surface area contributed by atoms with Gasteiger partial charge in [-0.2, -0.15) is 0 Å². The van der Waals surface area contributed by atoms with E-state index in [4.69, 9.17) is 5.11 Å². The van der Waals surface area contributed by atoms with Gasteiger partial charge in [0.1, 0.15) is 5.00 Å². The van der Waals surface area contributed by atoms with Crippen molar-refractivity contribution in [3.63, 3.8) is 0 Å². The highest BCUT2D eigenvalue weighted by atomic mass is 32.1. The molecular weight excluding hydrogens is 266 g/mol. The maximum absolute atomic E-state index is 11.7. The number of nitrogens with one attached hydrogen (secondary N) is 2. The van der Waals surface area contributed by atoms with Gasteiger partial charge in [-0.25, -0.2) is 9.59 Å². The van der Waals surface area contributed by atoms with Crippen LogP contribution in [0.1, 0.15) is 23.7 Å². The fourth-order valence-electron chi connectivity index (χ4n) is 1.46. The topological polar surface area (TPSA) is 81.7 Å². The number of amides is 2. The zero-order chi connectivity index (χ0) is 14.4. The molecule has 19 heavy (non-hydrogen) atoms. The molecule has 0 saturated heterocycles. The Bertz CT molecular complexity index is 445. The standard InChI is InChI=1S/C12H19N3O3S/c1-8(4-6-15(2)3)13-12(18)14-10-9(11(16)17)5-7-19-10/h5,7-8H,4,6H2,1-3H3,(H,16,17)(H2,13,14,18). The number of thiophene rings is 1. The van der Waals surface area contributed by atoms with Crippen molar-refractivity contribution >= 4 is 28.3 Å². The van der Waals surface area contributed by atoms with Gasteiger partial charge in [-0.3, -0.25) is 5.32 Å². The number of aromatic carboxylic acids is 1. The van der Waals surface area contributed by atoms with Crippen LogP contribution >= 0.6 is 11.3 Å². The fraction of sp³-hybridized carbons (Fsp3) is 0.500. The molecule has 1 unspecified atom stereocenters. The van der Waals surface area contributed by atoms with Gasteiger partial charge in [0, 0.05) is 6.04 Å². The van der Waals surface area contributed by atoms with Crippen LogP contribution in [-0.2, 0) is 0 Å². The third-order valence-corrected chi connectivity index (χ3v) is 3.34. The van der Waals surface area contributed by atoms with Crippen LogP contribution in [0.15, 0.2) is 11.4 Å². The Morgan fingerprint density at radius 3 is 2.74 bits per heavy atom. The Morgan fingerprint density at radius 2 is 2.16 bits per heavy atom. The molecule has 0 bridgehead atoms. The van der Waals surface area contributed by atoms with Gasteiger partial charge < -0.3 is 15.3 Å². The smallest absolute Gasteiger partial charge is 0.338 e. The van der Waals surface area contributed by atoms with Crippen molar-refractivity contribution in [3.05, 3.63) is 17.0 Å². The van der Waals surface area contributed by atoms with Gasteiger partial charge in [0.25, 0.3) is 0 Å². The van der Waals surface area contributed by atoms with Gasteiger partial charge in [-0.15, -0.1) is 11.3 Å². The maximum Gasteiger partial charge on any atom is 0.338 e. The van der Waals surface area contributed by atoms with Gasteiger partial charge in [0.2, 0.25) is 0 Å². The Morgan fingerprint density at radius 1 is 1.47 bits per heavy atom. The third kappa shape index (κ3) is 5.27. The number of rotatable bonds is 6. The molecule has 0 saturated carbocycles. The molecule has 1 heterocycles. The van der Waals surface area contributed by atoms with Gasteiger partial charge in [0.05, 0.1) is 5.56 Å². The lowest BCUT2D eigenvalue weighted by molar-refractivity contribution is 0.0698. The molecule has 1 rings (SSSR count). The third-order valence-electron chi connectivity index (χ3n) is 2.51. The first-order valence-electron chi connectivity index (χ1n) is 5.93. The molecule has 1 aromatic rings. The first kappa shape index (κ1) is 15.5. The van der Waals surface area contributed by atoms with E-state index in [9.17, 15) is 9.59 Å². The molecule has 3 N–H and O–H groups in total. The molecule has 0 radical (unpaired) electrons. The summed E-state index contributed by atoms with van der Waals surface area (Å²) in [5.41, 5.74) is 0.112. The minimum absolute atomic E-state index is 0.0237. The molecule has 7 heteroatoms. The van der Waals surface area contributed by atoms with E-state index in [-0.39, 0.29) is 17.6 Å². The predicted molar refractivity (Wildman–Crippen MR) is 76.1 cm³/mol. The second-order valence-electron chi connectivity index (χ2n) is 4.56. The summed E-state index contributed by atoms with van der Waals surface area (Å²) in [4.78, 5) is 24.7. The number of carboxylic acid groups (broad SMARTS) is 1. The average molecular weight is 285 g/mol. The van der Waals surface area contributed by atoms with E-state index >= 15 is 0 Å². The number of urea groups is 1. The molecule has 0 aliphatic carbocycles. The van der Waals surface area contributed by atoms with E-state index in [1.807, 2.05) is 25.9 Å². The molecule has 0 spiro atoms. The van der Waals surface area contributed by atoms with Crippen LogP contribution in [0.25, 0.3) is 0 Å². The molecule has 2 amide bonds. The summed E-state index contributed by atoms with van der Waals surface area (Å²) in [7, 11) is 3.94. The van der Waals surface area contributed by atoms with Crippen LogP contribution in [0, 0.1) is 0 Å². The highest BCUT2D eigenvalue weighted by Gasteiger charge is 2.14. The van der Waals surface area contributed by atoms with Gasteiger partial charge in [0.15, 0.2) is 0 Å². The van der Waals surface area contributed by atoms with Crippen molar-refractivity contribution in [1.82, 2.24) is 10.2 Å². The predicted octanol–water partition coefficient (Wildman–Crippen LogP) is 1.91. The van der Waals surface area contributed by atoms with Crippen LogP contribution < -0.4 is 10.6 Å². The fourth-order valence-corrected chi connectivity index (χ4v) is 2.24. The van der Waals surface area contributed by atoms with Crippen molar-refractivity contribution in [3.8, 4) is 0 Å².